The molecule has 3 aromatic rings. The minimum absolute atomic E-state index is 0.0555. The number of amides is 3. The van der Waals surface area contributed by atoms with Crippen LogP contribution in [0, 0.1) is 0 Å². The van der Waals surface area contributed by atoms with Crippen molar-refractivity contribution in [2.75, 3.05) is 24.2 Å². The largest absolute Gasteiger partial charge is 0.387 e. The summed E-state index contributed by atoms with van der Waals surface area (Å²) in [6.45, 7) is 5.67. The molecule has 0 aliphatic carbocycles. The zero-order valence-electron chi connectivity index (χ0n) is 21.7. The summed E-state index contributed by atoms with van der Waals surface area (Å²) in [6, 6.07) is 5.72. The van der Waals surface area contributed by atoms with Crippen LogP contribution in [0.2, 0.25) is 0 Å². The Morgan fingerprint density at radius 2 is 1.92 bits per heavy atom. The zero-order valence-corrected chi connectivity index (χ0v) is 22.5. The van der Waals surface area contributed by atoms with Crippen LogP contribution in [0.1, 0.15) is 27.0 Å². The van der Waals surface area contributed by atoms with Crippen LogP contribution in [0.4, 0.5) is 22.0 Å². The van der Waals surface area contributed by atoms with Crippen LogP contribution in [0.5, 0.6) is 0 Å². The number of quaternary nitrogens is 1. The van der Waals surface area contributed by atoms with Crippen molar-refractivity contribution in [3.8, 4) is 0 Å². The lowest BCUT2D eigenvalue weighted by Gasteiger charge is -2.32. The number of imidazole rings is 1. The lowest BCUT2D eigenvalue weighted by molar-refractivity contribution is -0.137. The zero-order chi connectivity index (χ0) is 28.5. The number of nitrogens with one attached hydrogen (secondary N) is 3. The maximum atomic E-state index is 12.8. The van der Waals surface area contributed by atoms with Gasteiger partial charge in [0.15, 0.2) is 29.3 Å². The number of fused-ring (bicyclic) bond motifs is 1. The SMILES string of the molecule is CCNC(=O)[C@H]1O[C@@H](n2cnc3c(NC(=O)Nc4cccc([N+](C)(C(C)C)S(=O)O)c4)ncnc32)[C@H](O)[C@@H]1O. The van der Waals surface area contributed by atoms with Gasteiger partial charge in [-0.2, -0.15) is 8.10 Å². The van der Waals surface area contributed by atoms with Crippen molar-refractivity contribution in [1.29, 1.82) is 0 Å². The van der Waals surface area contributed by atoms with E-state index in [9.17, 15) is 28.6 Å². The van der Waals surface area contributed by atoms with E-state index < -0.39 is 47.7 Å². The van der Waals surface area contributed by atoms with E-state index in [-0.39, 0.29) is 26.9 Å². The van der Waals surface area contributed by atoms with E-state index in [1.807, 2.05) is 13.8 Å². The smallest absolute Gasteiger partial charge is 0.363 e. The number of urea groups is 1. The molecule has 0 bridgehead atoms. The molecule has 16 heteroatoms. The summed E-state index contributed by atoms with van der Waals surface area (Å²) < 4.78 is 28.7. The lowest BCUT2D eigenvalue weighted by Crippen LogP contribution is -2.51. The first-order valence-corrected chi connectivity index (χ1v) is 13.2. The van der Waals surface area contributed by atoms with Gasteiger partial charge in [0.2, 0.25) is 0 Å². The number of rotatable bonds is 8. The predicted molar refractivity (Wildman–Crippen MR) is 143 cm³/mol. The number of carbonyl (C=O) groups excluding carboxylic acids is 2. The van der Waals surface area contributed by atoms with Crippen molar-refractivity contribution in [2.24, 2.45) is 0 Å². The average molecular weight is 564 g/mol. The Kier molecular flexibility index (Phi) is 8.24. The number of carbonyl (C=O) groups is 2. The van der Waals surface area contributed by atoms with Crippen LogP contribution in [-0.2, 0) is 20.8 Å². The monoisotopic (exact) mass is 563 g/mol. The first kappa shape index (κ1) is 28.5. The molecule has 0 spiro atoms. The number of hydrogen-bond donors (Lipinski definition) is 6. The minimum Gasteiger partial charge on any atom is -0.387 e. The summed E-state index contributed by atoms with van der Waals surface area (Å²) in [4.78, 5) is 37.5. The molecule has 1 aliphatic heterocycles. The Morgan fingerprint density at radius 3 is 2.59 bits per heavy atom. The fourth-order valence-corrected chi connectivity index (χ4v) is 4.86. The molecule has 3 amide bonds. The van der Waals surface area contributed by atoms with Gasteiger partial charge in [-0.1, -0.05) is 6.07 Å². The Hall–Kier alpha value is -3.54. The fourth-order valence-electron chi connectivity index (χ4n) is 4.21. The molecule has 210 valence electrons. The molecule has 1 aliphatic rings. The standard InChI is InChI=1S/C23H30N8O7S/c1-5-24-21(34)18-16(32)17(33)22(38-18)30-11-27-15-19(25-10-26-20(15)30)29-23(35)28-13-7-6-8-14(9-13)31(4,12(2)3)39(36)37/h6-12,16-18,22,32-33H,5H2,1-4H3,(H3-,24,25,26,28,29,34,35,36,37)/p+1/t16-,17+,18-,22+,31?/m0/s1. The number of hydrogen-bond acceptors (Lipinski definition) is 9. The third-order valence-corrected chi connectivity index (χ3v) is 7.92. The topological polar surface area (TPSA) is 201 Å². The van der Waals surface area contributed by atoms with Crippen molar-refractivity contribution in [3.63, 3.8) is 0 Å². The Balaban J connectivity index is 1.54. The molecule has 2 aromatic heterocycles. The summed E-state index contributed by atoms with van der Waals surface area (Å²) in [5.74, 6) is -0.508. The summed E-state index contributed by atoms with van der Waals surface area (Å²) in [6.07, 6.45) is -2.89. The molecule has 1 saturated heterocycles. The Labute approximate surface area is 226 Å². The van der Waals surface area contributed by atoms with Crippen molar-refractivity contribution in [3.05, 3.63) is 36.9 Å². The van der Waals surface area contributed by atoms with E-state index in [1.165, 1.54) is 17.2 Å². The van der Waals surface area contributed by atoms with E-state index in [1.54, 1.807) is 38.2 Å². The molecule has 6 N–H and O–H groups in total. The molecule has 6 atom stereocenters. The highest BCUT2D eigenvalue weighted by molar-refractivity contribution is 7.78. The van der Waals surface area contributed by atoms with Gasteiger partial charge >= 0.3 is 17.3 Å². The van der Waals surface area contributed by atoms with E-state index in [0.717, 1.165) is 0 Å². The first-order chi connectivity index (χ1) is 18.5. The highest BCUT2D eigenvalue weighted by Crippen LogP contribution is 2.33. The second-order valence-electron chi connectivity index (χ2n) is 9.31. The van der Waals surface area contributed by atoms with E-state index in [0.29, 0.717) is 17.9 Å². The van der Waals surface area contributed by atoms with Crippen LogP contribution < -0.4 is 19.8 Å². The number of likely N-dealkylation sites (N-methyl/N-ethyl adjacent to an activating group) is 1. The number of ether oxygens (including phenoxy) is 1. The molecule has 0 radical (unpaired) electrons. The lowest BCUT2D eigenvalue weighted by atomic mass is 10.1. The Morgan fingerprint density at radius 1 is 1.18 bits per heavy atom. The molecule has 1 fully saturated rings. The molecule has 3 heterocycles. The van der Waals surface area contributed by atoms with Gasteiger partial charge in [-0.25, -0.2) is 19.7 Å². The quantitative estimate of drug-likeness (QED) is 0.167. The van der Waals surface area contributed by atoms with Crippen molar-refractivity contribution in [2.45, 2.75) is 51.4 Å². The van der Waals surface area contributed by atoms with E-state index in [4.69, 9.17) is 4.74 Å². The molecule has 1 aromatic carbocycles. The number of benzene rings is 1. The number of aliphatic hydroxyl groups is 2. The minimum atomic E-state index is -2.21. The molecule has 2 unspecified atom stereocenters. The molecule has 15 nitrogen and oxygen atoms in total. The molecular weight excluding hydrogens is 532 g/mol. The number of anilines is 2. The van der Waals surface area contributed by atoms with Gasteiger partial charge in [0.1, 0.15) is 30.3 Å². The van der Waals surface area contributed by atoms with Gasteiger partial charge in [0.25, 0.3) is 5.91 Å². The number of aromatic nitrogens is 4. The van der Waals surface area contributed by atoms with Crippen LogP contribution in [0.25, 0.3) is 11.2 Å². The van der Waals surface area contributed by atoms with Gasteiger partial charge in [0.05, 0.1) is 13.4 Å². The average Bonchev–Trinajstić information content (AvgIpc) is 3.45. The second kappa shape index (κ2) is 11.3. The van der Waals surface area contributed by atoms with Crippen molar-refractivity contribution >= 4 is 51.6 Å². The number of aliphatic hydroxyl groups excluding tert-OH is 2. The maximum Gasteiger partial charge on any atom is 0.363 e. The predicted octanol–water partition coefficient (Wildman–Crippen LogP) is 0.708. The van der Waals surface area contributed by atoms with Crippen molar-refractivity contribution in [1.82, 2.24) is 28.7 Å². The van der Waals surface area contributed by atoms with Crippen LogP contribution >= 0.6 is 0 Å². The highest BCUT2D eigenvalue weighted by atomic mass is 32.2. The van der Waals surface area contributed by atoms with Crippen molar-refractivity contribution < 1.29 is 33.3 Å². The van der Waals surface area contributed by atoms with Gasteiger partial charge < -0.3 is 25.6 Å². The van der Waals surface area contributed by atoms with Crippen LogP contribution in [0.15, 0.2) is 36.9 Å². The van der Waals surface area contributed by atoms with Gasteiger partial charge in [-0.3, -0.25) is 19.2 Å². The summed E-state index contributed by atoms with van der Waals surface area (Å²) in [5.41, 5.74) is 1.26. The van der Waals surface area contributed by atoms with Gasteiger partial charge in [-0.05, 0) is 26.8 Å². The van der Waals surface area contributed by atoms with Crippen LogP contribution in [-0.4, -0.2) is 88.4 Å². The fraction of sp³-hybridized carbons (Fsp3) is 0.435. The molecule has 39 heavy (non-hydrogen) atoms. The molecular formula is C23H31N8O7S+. The normalized spacial score (nSPS) is 23.4. The van der Waals surface area contributed by atoms with Crippen LogP contribution in [0.3, 0.4) is 0 Å². The third kappa shape index (κ3) is 5.34. The van der Waals surface area contributed by atoms with Gasteiger partial charge in [-0.15, -0.1) is 0 Å². The third-order valence-electron chi connectivity index (χ3n) is 6.64. The maximum absolute atomic E-state index is 12.8. The second-order valence-corrected chi connectivity index (χ2v) is 10.5. The number of nitrogens with zero attached hydrogens (tertiary/aromatic N) is 5. The molecule has 0 saturated carbocycles. The van der Waals surface area contributed by atoms with E-state index in [2.05, 4.69) is 30.9 Å². The summed E-state index contributed by atoms with van der Waals surface area (Å²) >= 11 is -2.21. The summed E-state index contributed by atoms with van der Waals surface area (Å²) in [7, 11) is 1.62. The van der Waals surface area contributed by atoms with Gasteiger partial charge in [0, 0.05) is 24.4 Å². The first-order valence-electron chi connectivity index (χ1n) is 12.1. The highest BCUT2D eigenvalue weighted by Gasteiger charge is 2.47. The summed E-state index contributed by atoms with van der Waals surface area (Å²) in [5, 5.41) is 28.7. The van der Waals surface area contributed by atoms with E-state index >= 15 is 0 Å². The Bertz CT molecular complexity index is 1400. The molecule has 4 rings (SSSR count).